The van der Waals surface area contributed by atoms with Crippen molar-refractivity contribution in [3.05, 3.63) is 65.7 Å². The van der Waals surface area contributed by atoms with Crippen molar-refractivity contribution in [3.8, 4) is 11.1 Å². The second kappa shape index (κ2) is 6.76. The van der Waals surface area contributed by atoms with Gasteiger partial charge in [-0.3, -0.25) is 14.6 Å². The van der Waals surface area contributed by atoms with Crippen molar-refractivity contribution in [2.45, 2.75) is 13.0 Å². The van der Waals surface area contributed by atoms with Gasteiger partial charge in [-0.2, -0.15) is 0 Å². The van der Waals surface area contributed by atoms with Crippen molar-refractivity contribution in [1.82, 2.24) is 15.2 Å². The first-order valence-corrected chi connectivity index (χ1v) is 7.96. The molecule has 0 saturated heterocycles. The molecule has 0 bridgehead atoms. The van der Waals surface area contributed by atoms with E-state index in [0.717, 1.165) is 16.7 Å². The summed E-state index contributed by atoms with van der Waals surface area (Å²) in [6.45, 7) is 1.97. The smallest absolute Gasteiger partial charge is 0.289 e. The van der Waals surface area contributed by atoms with Crippen molar-refractivity contribution in [3.63, 3.8) is 0 Å². The average Bonchev–Trinajstić information content (AvgIpc) is 2.90. The fraction of sp³-hybridized carbons (Fsp3) is 0.211. The SMILES string of the molecule is CC(NC(=O)C1=C(O)C(=O)N(C)C1)c1cccc(-c2cccnc2)c1. The highest BCUT2D eigenvalue weighted by Gasteiger charge is 2.32. The van der Waals surface area contributed by atoms with Gasteiger partial charge in [0.2, 0.25) is 0 Å². The van der Waals surface area contributed by atoms with E-state index in [2.05, 4.69) is 10.3 Å². The standard InChI is InChI=1S/C19H19N3O3/c1-12(21-18(24)16-11-22(2)19(25)17(16)23)13-5-3-6-14(9-13)15-7-4-8-20-10-15/h3-10,12,23H,11H2,1-2H3,(H,21,24). The van der Waals surface area contributed by atoms with Gasteiger partial charge in [-0.25, -0.2) is 0 Å². The van der Waals surface area contributed by atoms with Crippen molar-refractivity contribution in [2.24, 2.45) is 0 Å². The minimum Gasteiger partial charge on any atom is -0.503 e. The summed E-state index contributed by atoms with van der Waals surface area (Å²) in [5.74, 6) is -1.44. The number of hydrogen-bond donors (Lipinski definition) is 2. The van der Waals surface area contributed by atoms with E-state index in [0.29, 0.717) is 0 Å². The van der Waals surface area contributed by atoms with Crippen LogP contribution >= 0.6 is 0 Å². The van der Waals surface area contributed by atoms with Gasteiger partial charge < -0.3 is 15.3 Å². The molecule has 6 nitrogen and oxygen atoms in total. The predicted octanol–water partition coefficient (Wildman–Crippen LogP) is 2.21. The van der Waals surface area contributed by atoms with Crippen LogP contribution in [0.15, 0.2) is 60.1 Å². The Morgan fingerprint density at radius 1 is 1.28 bits per heavy atom. The average molecular weight is 337 g/mol. The van der Waals surface area contributed by atoms with Crippen LogP contribution in [0, 0.1) is 0 Å². The molecule has 6 heteroatoms. The number of rotatable bonds is 4. The second-order valence-corrected chi connectivity index (χ2v) is 6.05. The third-order valence-corrected chi connectivity index (χ3v) is 4.23. The van der Waals surface area contributed by atoms with E-state index >= 15 is 0 Å². The molecule has 0 fully saturated rings. The Bertz CT molecular complexity index is 846. The fourth-order valence-electron chi connectivity index (χ4n) is 2.76. The molecule has 1 aromatic heterocycles. The third-order valence-electron chi connectivity index (χ3n) is 4.23. The first kappa shape index (κ1) is 16.7. The molecular weight excluding hydrogens is 318 g/mol. The van der Waals surface area contributed by atoms with Gasteiger partial charge in [0.1, 0.15) is 0 Å². The summed E-state index contributed by atoms with van der Waals surface area (Å²) in [4.78, 5) is 29.4. The minimum absolute atomic E-state index is 0.0998. The largest absolute Gasteiger partial charge is 0.503 e. The predicted molar refractivity (Wildman–Crippen MR) is 93.5 cm³/mol. The van der Waals surface area contributed by atoms with Crippen LogP contribution in [-0.4, -0.2) is 40.4 Å². The number of nitrogens with zero attached hydrogens (tertiary/aromatic N) is 2. The van der Waals surface area contributed by atoms with Gasteiger partial charge in [0.15, 0.2) is 5.76 Å². The number of aliphatic hydroxyl groups excluding tert-OH is 1. The van der Waals surface area contributed by atoms with E-state index in [4.69, 9.17) is 0 Å². The molecule has 2 aromatic rings. The van der Waals surface area contributed by atoms with Crippen molar-refractivity contribution in [2.75, 3.05) is 13.6 Å². The number of carbonyl (C=O) groups is 2. The van der Waals surface area contributed by atoms with Gasteiger partial charge in [-0.05, 0) is 35.7 Å². The minimum atomic E-state index is -0.531. The van der Waals surface area contributed by atoms with Gasteiger partial charge in [0, 0.05) is 19.4 Å². The number of nitrogens with one attached hydrogen (secondary N) is 1. The second-order valence-electron chi connectivity index (χ2n) is 6.05. The highest BCUT2D eigenvalue weighted by Crippen LogP contribution is 2.23. The zero-order valence-corrected chi connectivity index (χ0v) is 14.1. The summed E-state index contributed by atoms with van der Waals surface area (Å²) < 4.78 is 0. The van der Waals surface area contributed by atoms with Crippen LogP contribution in [0.4, 0.5) is 0 Å². The number of amides is 2. The zero-order valence-electron chi connectivity index (χ0n) is 14.1. The van der Waals surface area contributed by atoms with Crippen LogP contribution in [0.3, 0.4) is 0 Å². The summed E-state index contributed by atoms with van der Waals surface area (Å²) in [6.07, 6.45) is 3.50. The molecule has 0 saturated carbocycles. The zero-order chi connectivity index (χ0) is 18.0. The van der Waals surface area contributed by atoms with Crippen LogP contribution in [0.25, 0.3) is 11.1 Å². The molecule has 1 aromatic carbocycles. The lowest BCUT2D eigenvalue weighted by Gasteiger charge is -2.16. The lowest BCUT2D eigenvalue weighted by molar-refractivity contribution is -0.126. The molecule has 1 aliphatic heterocycles. The van der Waals surface area contributed by atoms with Crippen LogP contribution in [-0.2, 0) is 9.59 Å². The quantitative estimate of drug-likeness (QED) is 0.896. The van der Waals surface area contributed by atoms with Crippen molar-refractivity contribution in [1.29, 1.82) is 0 Å². The summed E-state index contributed by atoms with van der Waals surface area (Å²) >= 11 is 0. The molecule has 0 radical (unpaired) electrons. The lowest BCUT2D eigenvalue weighted by atomic mass is 10.0. The van der Waals surface area contributed by atoms with Crippen LogP contribution in [0.5, 0.6) is 0 Å². The molecule has 0 aliphatic carbocycles. The Hall–Kier alpha value is -3.15. The van der Waals surface area contributed by atoms with Crippen LogP contribution in [0.2, 0.25) is 0 Å². The summed E-state index contributed by atoms with van der Waals surface area (Å²) in [7, 11) is 1.54. The normalized spacial score (nSPS) is 15.4. The van der Waals surface area contributed by atoms with E-state index < -0.39 is 17.6 Å². The van der Waals surface area contributed by atoms with Gasteiger partial charge >= 0.3 is 0 Å². The Balaban J connectivity index is 1.77. The van der Waals surface area contributed by atoms with Crippen LogP contribution < -0.4 is 5.32 Å². The molecule has 2 N–H and O–H groups in total. The number of likely N-dealkylation sites (N-methyl/N-ethyl adjacent to an activating group) is 1. The molecule has 3 rings (SSSR count). The van der Waals surface area contributed by atoms with E-state index in [1.807, 2.05) is 43.3 Å². The van der Waals surface area contributed by atoms with Gasteiger partial charge in [0.05, 0.1) is 18.2 Å². The van der Waals surface area contributed by atoms with Crippen molar-refractivity contribution < 1.29 is 14.7 Å². The topological polar surface area (TPSA) is 82.5 Å². The molecular formula is C19H19N3O3. The van der Waals surface area contributed by atoms with Gasteiger partial charge in [0.25, 0.3) is 11.8 Å². The molecule has 0 spiro atoms. The Labute approximate surface area is 145 Å². The van der Waals surface area contributed by atoms with E-state index in [1.54, 1.807) is 19.4 Å². The number of aliphatic hydroxyl groups is 1. The number of pyridine rings is 1. The number of benzene rings is 1. The maximum atomic E-state index is 12.4. The number of hydrogen-bond acceptors (Lipinski definition) is 4. The third kappa shape index (κ3) is 3.38. The van der Waals surface area contributed by atoms with E-state index in [1.165, 1.54) is 4.90 Å². The molecule has 1 unspecified atom stereocenters. The summed E-state index contributed by atoms with van der Waals surface area (Å²) in [5.41, 5.74) is 3.02. The first-order valence-electron chi connectivity index (χ1n) is 7.96. The lowest BCUT2D eigenvalue weighted by Crippen LogP contribution is -2.30. The number of aromatic nitrogens is 1. The Morgan fingerprint density at radius 2 is 2.04 bits per heavy atom. The van der Waals surface area contributed by atoms with Crippen molar-refractivity contribution >= 4 is 11.8 Å². The van der Waals surface area contributed by atoms with Gasteiger partial charge in [-0.1, -0.05) is 24.3 Å². The maximum absolute atomic E-state index is 12.4. The maximum Gasteiger partial charge on any atom is 0.289 e. The number of carbonyl (C=O) groups excluding carboxylic acids is 2. The summed E-state index contributed by atoms with van der Waals surface area (Å²) in [5, 5.41) is 12.6. The van der Waals surface area contributed by atoms with Gasteiger partial charge in [-0.15, -0.1) is 0 Å². The van der Waals surface area contributed by atoms with E-state index in [-0.39, 0.29) is 18.2 Å². The monoisotopic (exact) mass is 337 g/mol. The highest BCUT2D eigenvalue weighted by molar-refractivity contribution is 6.06. The fourth-order valence-corrected chi connectivity index (χ4v) is 2.76. The molecule has 1 aliphatic rings. The van der Waals surface area contributed by atoms with Crippen LogP contribution in [0.1, 0.15) is 18.5 Å². The summed E-state index contributed by atoms with van der Waals surface area (Å²) in [6, 6.07) is 11.4. The molecule has 25 heavy (non-hydrogen) atoms. The Morgan fingerprint density at radius 3 is 2.68 bits per heavy atom. The Kier molecular flexibility index (Phi) is 4.52. The molecule has 128 valence electrons. The molecule has 1 atom stereocenters. The highest BCUT2D eigenvalue weighted by atomic mass is 16.3. The molecule has 2 amide bonds. The molecule has 2 heterocycles. The van der Waals surface area contributed by atoms with E-state index in [9.17, 15) is 14.7 Å². The first-order chi connectivity index (χ1) is 12.0.